The maximum absolute atomic E-state index is 13.1. The van der Waals surface area contributed by atoms with Gasteiger partial charge in [0.15, 0.2) is 0 Å². The van der Waals surface area contributed by atoms with E-state index in [9.17, 15) is 22.8 Å². The van der Waals surface area contributed by atoms with Crippen LogP contribution in [0.1, 0.15) is 79.1 Å². The van der Waals surface area contributed by atoms with Gasteiger partial charge >= 0.3 is 0 Å². The first kappa shape index (κ1) is 26.7. The molecule has 5 atom stereocenters. The summed E-state index contributed by atoms with van der Waals surface area (Å²) in [6.45, 7) is 11.4. The summed E-state index contributed by atoms with van der Waals surface area (Å²) in [5.41, 5.74) is -1.25. The number of sulfonamides is 1. The SMILES string of the molecule is C=CCC[C@@H](C)O[C@@H](C)CC(=O)N1CCC[C@H]1C(=O)N[C@]1(C(=O)NS(=O)(=O)C2(C)CC2)C[C@H]1C. The van der Waals surface area contributed by atoms with Gasteiger partial charge in [-0.15, -0.1) is 6.58 Å². The third-order valence-electron chi connectivity index (χ3n) is 7.47. The third kappa shape index (κ3) is 5.64. The van der Waals surface area contributed by atoms with E-state index in [4.69, 9.17) is 4.74 Å². The van der Waals surface area contributed by atoms with Gasteiger partial charge in [-0.05, 0) is 71.6 Å². The molecule has 2 N–H and O–H groups in total. The number of likely N-dealkylation sites (tertiary alicyclic amines) is 1. The summed E-state index contributed by atoms with van der Waals surface area (Å²) in [4.78, 5) is 40.6. The fourth-order valence-corrected chi connectivity index (χ4v) is 5.93. The Hall–Kier alpha value is -1.94. The summed E-state index contributed by atoms with van der Waals surface area (Å²) in [5, 5.41) is 2.80. The molecule has 3 fully saturated rings. The molecule has 34 heavy (non-hydrogen) atoms. The van der Waals surface area contributed by atoms with Crippen molar-refractivity contribution in [1.29, 1.82) is 0 Å². The minimum atomic E-state index is -3.80. The monoisotopic (exact) mass is 497 g/mol. The van der Waals surface area contributed by atoms with E-state index in [2.05, 4.69) is 16.6 Å². The van der Waals surface area contributed by atoms with Gasteiger partial charge in [-0.1, -0.05) is 13.0 Å². The van der Waals surface area contributed by atoms with Gasteiger partial charge in [-0.3, -0.25) is 19.1 Å². The Bertz CT molecular complexity index is 931. The molecule has 0 aromatic rings. The van der Waals surface area contributed by atoms with E-state index in [0.717, 1.165) is 12.8 Å². The first-order chi connectivity index (χ1) is 15.8. The number of amides is 3. The topological polar surface area (TPSA) is 122 Å². The van der Waals surface area contributed by atoms with Crippen molar-refractivity contribution in [3.05, 3.63) is 12.7 Å². The number of nitrogens with zero attached hydrogens (tertiary/aromatic N) is 1. The summed E-state index contributed by atoms with van der Waals surface area (Å²) in [5.74, 6) is -1.44. The van der Waals surface area contributed by atoms with Gasteiger partial charge in [0, 0.05) is 6.54 Å². The lowest BCUT2D eigenvalue weighted by molar-refractivity contribution is -0.142. The van der Waals surface area contributed by atoms with Crippen LogP contribution >= 0.6 is 0 Å². The highest BCUT2D eigenvalue weighted by atomic mass is 32.2. The quantitative estimate of drug-likeness (QED) is 0.398. The molecule has 0 aromatic carbocycles. The summed E-state index contributed by atoms with van der Waals surface area (Å²) in [6.07, 6.45) is 5.97. The van der Waals surface area contributed by atoms with E-state index in [0.29, 0.717) is 38.6 Å². The molecule has 0 aromatic heterocycles. The van der Waals surface area contributed by atoms with Crippen LogP contribution in [0.2, 0.25) is 0 Å². The number of hydrogen-bond donors (Lipinski definition) is 2. The average Bonchev–Trinajstić information content (AvgIpc) is 3.58. The Morgan fingerprint density at radius 2 is 1.88 bits per heavy atom. The van der Waals surface area contributed by atoms with E-state index in [1.54, 1.807) is 18.7 Å². The van der Waals surface area contributed by atoms with Crippen molar-refractivity contribution in [1.82, 2.24) is 14.9 Å². The molecule has 0 unspecified atom stereocenters. The number of carbonyl (C=O) groups is 3. The van der Waals surface area contributed by atoms with Crippen molar-refractivity contribution in [2.24, 2.45) is 5.92 Å². The van der Waals surface area contributed by atoms with Crippen molar-refractivity contribution < 1.29 is 27.5 Å². The smallest absolute Gasteiger partial charge is 0.259 e. The maximum Gasteiger partial charge on any atom is 0.259 e. The zero-order chi connectivity index (χ0) is 25.3. The van der Waals surface area contributed by atoms with E-state index in [1.807, 2.05) is 19.9 Å². The number of hydrogen-bond acceptors (Lipinski definition) is 6. The maximum atomic E-state index is 13.1. The van der Waals surface area contributed by atoms with Crippen LogP contribution in [0, 0.1) is 5.92 Å². The van der Waals surface area contributed by atoms with Crippen molar-refractivity contribution in [3.63, 3.8) is 0 Å². The van der Waals surface area contributed by atoms with Crippen LogP contribution in [0.3, 0.4) is 0 Å². The molecule has 3 rings (SSSR count). The lowest BCUT2D eigenvalue weighted by Crippen LogP contribution is -2.57. The standard InChI is InChI=1S/C24H39N3O6S/c1-6-7-9-17(3)33-18(4)14-20(28)27-13-8-10-19(27)21(29)25-24(15-16(24)2)22(30)26-34(31,32)23(5)11-12-23/h6,16-19H,1,7-15H2,2-5H3,(H,25,29)(H,26,30)/t16-,17-,18+,19+,24-/m1/s1. The van der Waals surface area contributed by atoms with Crippen molar-refractivity contribution in [2.75, 3.05) is 6.54 Å². The second kappa shape index (κ2) is 9.97. The molecule has 3 amide bonds. The number of ether oxygens (including phenoxy) is 1. The van der Waals surface area contributed by atoms with Gasteiger partial charge in [0.05, 0.1) is 23.4 Å². The largest absolute Gasteiger partial charge is 0.375 e. The normalized spacial score (nSPS) is 29.1. The Morgan fingerprint density at radius 1 is 1.24 bits per heavy atom. The number of carbonyl (C=O) groups excluding carboxylic acids is 3. The number of nitrogens with one attached hydrogen (secondary N) is 2. The van der Waals surface area contributed by atoms with Crippen LogP contribution in [0.15, 0.2) is 12.7 Å². The highest BCUT2D eigenvalue weighted by molar-refractivity contribution is 7.91. The molecule has 2 saturated carbocycles. The Kier molecular flexibility index (Phi) is 7.82. The van der Waals surface area contributed by atoms with Crippen LogP contribution in [0.25, 0.3) is 0 Å². The van der Waals surface area contributed by atoms with Crippen LogP contribution in [0.4, 0.5) is 0 Å². The first-order valence-corrected chi connectivity index (χ1v) is 13.8. The predicted molar refractivity (Wildman–Crippen MR) is 128 cm³/mol. The molecule has 0 radical (unpaired) electrons. The fraction of sp³-hybridized carbons (Fsp3) is 0.792. The van der Waals surface area contributed by atoms with Crippen molar-refractivity contribution in [2.45, 2.75) is 108 Å². The second-order valence-corrected chi connectivity index (χ2v) is 12.7. The summed E-state index contributed by atoms with van der Waals surface area (Å²) in [6, 6.07) is -0.673. The van der Waals surface area contributed by atoms with E-state index in [-0.39, 0.29) is 30.5 Å². The van der Waals surface area contributed by atoms with Crippen LogP contribution in [-0.2, 0) is 29.1 Å². The van der Waals surface area contributed by atoms with Gasteiger partial charge < -0.3 is 15.0 Å². The molecule has 10 heteroatoms. The molecule has 3 aliphatic rings. The highest BCUT2D eigenvalue weighted by Crippen LogP contribution is 2.46. The molecule has 1 saturated heterocycles. The number of rotatable bonds is 12. The Balaban J connectivity index is 1.58. The van der Waals surface area contributed by atoms with Crippen LogP contribution in [-0.4, -0.2) is 66.1 Å². The van der Waals surface area contributed by atoms with Gasteiger partial charge in [0.25, 0.3) is 5.91 Å². The molecule has 2 aliphatic carbocycles. The molecular formula is C24H39N3O6S. The fourth-order valence-electron chi connectivity index (χ4n) is 4.62. The molecular weight excluding hydrogens is 458 g/mol. The van der Waals surface area contributed by atoms with Gasteiger partial charge in [-0.25, -0.2) is 8.42 Å². The lowest BCUT2D eigenvalue weighted by Gasteiger charge is -2.28. The molecule has 0 bridgehead atoms. The summed E-state index contributed by atoms with van der Waals surface area (Å²) >= 11 is 0. The average molecular weight is 498 g/mol. The van der Waals surface area contributed by atoms with Gasteiger partial charge in [0.2, 0.25) is 21.8 Å². The van der Waals surface area contributed by atoms with Crippen molar-refractivity contribution >= 4 is 27.7 Å². The molecule has 0 spiro atoms. The van der Waals surface area contributed by atoms with Crippen LogP contribution in [0.5, 0.6) is 0 Å². The molecule has 9 nitrogen and oxygen atoms in total. The van der Waals surface area contributed by atoms with Crippen LogP contribution < -0.4 is 10.0 Å². The zero-order valence-electron chi connectivity index (χ0n) is 20.8. The minimum Gasteiger partial charge on any atom is -0.375 e. The zero-order valence-corrected chi connectivity index (χ0v) is 21.6. The minimum absolute atomic E-state index is 0.00220. The first-order valence-electron chi connectivity index (χ1n) is 12.3. The highest BCUT2D eigenvalue weighted by Gasteiger charge is 2.61. The lowest BCUT2D eigenvalue weighted by atomic mass is 10.1. The summed E-state index contributed by atoms with van der Waals surface area (Å²) in [7, 11) is -3.80. The van der Waals surface area contributed by atoms with Gasteiger partial charge in [-0.2, -0.15) is 0 Å². The van der Waals surface area contributed by atoms with Gasteiger partial charge in [0.1, 0.15) is 11.6 Å². The Labute approximate surface area is 203 Å². The molecule has 1 heterocycles. The Morgan fingerprint density at radius 3 is 2.44 bits per heavy atom. The van der Waals surface area contributed by atoms with E-state index < -0.39 is 38.2 Å². The second-order valence-electron chi connectivity index (χ2n) is 10.5. The number of allylic oxidation sites excluding steroid dienone is 1. The third-order valence-corrected chi connectivity index (χ3v) is 9.63. The predicted octanol–water partition coefficient (Wildman–Crippen LogP) is 2.02. The van der Waals surface area contributed by atoms with E-state index in [1.165, 1.54) is 0 Å². The van der Waals surface area contributed by atoms with Crippen molar-refractivity contribution in [3.8, 4) is 0 Å². The van der Waals surface area contributed by atoms with E-state index >= 15 is 0 Å². The summed E-state index contributed by atoms with van der Waals surface area (Å²) < 4.78 is 32.2. The molecule has 1 aliphatic heterocycles. The molecule has 192 valence electrons.